The number of rotatable bonds is 2. The summed E-state index contributed by atoms with van der Waals surface area (Å²) in [6, 6.07) is 9.33. The average molecular weight is 292 g/mol. The van der Waals surface area contributed by atoms with Gasteiger partial charge in [-0.2, -0.15) is 5.10 Å². The van der Waals surface area contributed by atoms with Gasteiger partial charge in [0.05, 0.1) is 22.9 Å². The maximum Gasteiger partial charge on any atom is 0.275 e. The monoisotopic (exact) mass is 292 g/mol. The molecular formula is C15H12N6O. The molecule has 7 heteroatoms. The van der Waals surface area contributed by atoms with Gasteiger partial charge in [-0.1, -0.05) is 12.1 Å². The molecule has 3 heterocycles. The quantitative estimate of drug-likeness (QED) is 0.588. The van der Waals surface area contributed by atoms with Crippen LogP contribution in [0.2, 0.25) is 0 Å². The van der Waals surface area contributed by atoms with Crippen LogP contribution < -0.4 is 5.56 Å². The van der Waals surface area contributed by atoms with Gasteiger partial charge in [0, 0.05) is 13.2 Å². The van der Waals surface area contributed by atoms with Crippen LogP contribution >= 0.6 is 0 Å². The molecule has 0 aliphatic carbocycles. The molecule has 0 fully saturated rings. The highest BCUT2D eigenvalue weighted by Crippen LogP contribution is 2.20. The van der Waals surface area contributed by atoms with Gasteiger partial charge in [0.25, 0.3) is 5.56 Å². The minimum atomic E-state index is -0.293. The molecule has 0 atom stereocenters. The van der Waals surface area contributed by atoms with Crippen LogP contribution in [0.5, 0.6) is 0 Å². The summed E-state index contributed by atoms with van der Waals surface area (Å²) in [5, 5.41) is 6.55. The van der Waals surface area contributed by atoms with E-state index < -0.39 is 0 Å². The Kier molecular flexibility index (Phi) is 2.65. The van der Waals surface area contributed by atoms with Gasteiger partial charge in [-0.15, -0.1) is 0 Å². The van der Waals surface area contributed by atoms with Crippen LogP contribution in [0.15, 0.2) is 47.7 Å². The Labute approximate surface area is 124 Å². The molecule has 108 valence electrons. The third kappa shape index (κ3) is 1.99. The molecule has 0 unspecified atom stereocenters. The molecule has 0 amide bonds. The first-order valence-corrected chi connectivity index (χ1v) is 6.74. The molecule has 0 aliphatic rings. The second-order valence-electron chi connectivity index (χ2n) is 5.02. The minimum absolute atomic E-state index is 0.293. The number of aryl methyl sites for hydroxylation is 1. The molecule has 4 rings (SSSR count). The summed E-state index contributed by atoms with van der Waals surface area (Å²) in [7, 11) is 1.88. The van der Waals surface area contributed by atoms with E-state index in [9.17, 15) is 4.79 Å². The zero-order chi connectivity index (χ0) is 15.1. The number of aromatic nitrogens is 6. The van der Waals surface area contributed by atoms with Crippen LogP contribution in [-0.2, 0) is 7.05 Å². The Hall–Kier alpha value is -3.22. The smallest absolute Gasteiger partial charge is 0.275 e. The average Bonchev–Trinajstić information content (AvgIpc) is 3.13. The molecule has 22 heavy (non-hydrogen) atoms. The first kappa shape index (κ1) is 12.5. The highest BCUT2D eigenvalue weighted by atomic mass is 16.1. The lowest BCUT2D eigenvalue weighted by atomic mass is 10.2. The normalized spacial score (nSPS) is 11.1. The lowest BCUT2D eigenvalue weighted by molar-refractivity contribution is 0.913. The third-order valence-electron chi connectivity index (χ3n) is 3.42. The van der Waals surface area contributed by atoms with Crippen molar-refractivity contribution in [2.24, 2.45) is 7.05 Å². The zero-order valence-corrected chi connectivity index (χ0v) is 11.7. The molecule has 3 aromatic heterocycles. The number of hydrogen-bond acceptors (Lipinski definition) is 4. The van der Waals surface area contributed by atoms with E-state index in [-0.39, 0.29) is 5.56 Å². The number of nitrogens with zero attached hydrogens (tertiary/aromatic N) is 4. The number of hydrogen-bond donors (Lipinski definition) is 2. The molecule has 0 saturated heterocycles. The van der Waals surface area contributed by atoms with Crippen LogP contribution in [0.4, 0.5) is 0 Å². The fraction of sp³-hybridized carbons (Fsp3) is 0.0667. The molecular weight excluding hydrogens is 280 g/mol. The van der Waals surface area contributed by atoms with Crippen LogP contribution in [0.25, 0.3) is 33.8 Å². The number of nitrogens with one attached hydrogen (secondary N) is 2. The van der Waals surface area contributed by atoms with Crippen LogP contribution in [-0.4, -0.2) is 29.7 Å². The number of para-hydroxylation sites is 2. The van der Waals surface area contributed by atoms with Crippen LogP contribution in [0.3, 0.4) is 0 Å². The molecule has 0 radical (unpaired) electrons. The van der Waals surface area contributed by atoms with Gasteiger partial charge in [0.2, 0.25) is 0 Å². The van der Waals surface area contributed by atoms with Crippen molar-refractivity contribution < 1.29 is 0 Å². The summed E-state index contributed by atoms with van der Waals surface area (Å²) in [5.74, 6) is 0.516. The fourth-order valence-electron chi connectivity index (χ4n) is 2.34. The predicted octanol–water partition coefficient (Wildman–Crippen LogP) is 1.71. The maximum atomic E-state index is 12.1. The summed E-state index contributed by atoms with van der Waals surface area (Å²) < 4.78 is 1.82. The van der Waals surface area contributed by atoms with Gasteiger partial charge in [0.15, 0.2) is 0 Å². The molecule has 7 nitrogen and oxygen atoms in total. The van der Waals surface area contributed by atoms with E-state index in [1.54, 1.807) is 12.4 Å². The summed E-state index contributed by atoms with van der Waals surface area (Å²) in [4.78, 5) is 23.9. The molecule has 2 N–H and O–H groups in total. The van der Waals surface area contributed by atoms with Crippen molar-refractivity contribution in [2.45, 2.75) is 0 Å². The van der Waals surface area contributed by atoms with Crippen molar-refractivity contribution >= 4 is 11.0 Å². The number of aromatic amines is 2. The van der Waals surface area contributed by atoms with Crippen molar-refractivity contribution in [1.29, 1.82) is 0 Å². The largest absolute Gasteiger partial charge is 0.340 e. The highest BCUT2D eigenvalue weighted by Gasteiger charge is 2.12. The Morgan fingerprint density at radius 2 is 2.05 bits per heavy atom. The lowest BCUT2D eigenvalue weighted by Crippen LogP contribution is -2.12. The molecule has 0 saturated carbocycles. The van der Waals surface area contributed by atoms with Crippen molar-refractivity contribution in [1.82, 2.24) is 29.7 Å². The van der Waals surface area contributed by atoms with E-state index in [0.717, 1.165) is 11.0 Å². The fourth-order valence-corrected chi connectivity index (χ4v) is 2.34. The van der Waals surface area contributed by atoms with E-state index in [1.165, 1.54) is 0 Å². The van der Waals surface area contributed by atoms with Gasteiger partial charge in [-0.05, 0) is 18.2 Å². The van der Waals surface area contributed by atoms with E-state index in [4.69, 9.17) is 0 Å². The number of imidazole rings is 2. The second kappa shape index (κ2) is 4.66. The van der Waals surface area contributed by atoms with Crippen LogP contribution in [0.1, 0.15) is 0 Å². The Balaban J connectivity index is 1.88. The van der Waals surface area contributed by atoms with Gasteiger partial charge >= 0.3 is 0 Å². The van der Waals surface area contributed by atoms with Gasteiger partial charge < -0.3 is 9.55 Å². The standard InChI is InChI=1S/C15H12N6O/c1-21-7-13(16-8-21)12-6-9(15(22)20-19-12)14-17-10-4-2-3-5-11(10)18-14/h2-8H,1H3,(H,17,18)(H,20,22). The second-order valence-corrected chi connectivity index (χ2v) is 5.02. The number of fused-ring (bicyclic) bond motifs is 1. The maximum absolute atomic E-state index is 12.1. The Bertz CT molecular complexity index is 993. The van der Waals surface area contributed by atoms with E-state index in [0.29, 0.717) is 22.8 Å². The van der Waals surface area contributed by atoms with Crippen molar-refractivity contribution in [2.75, 3.05) is 0 Å². The number of benzene rings is 1. The van der Waals surface area contributed by atoms with E-state index in [1.807, 2.05) is 42.1 Å². The molecule has 0 aliphatic heterocycles. The topological polar surface area (TPSA) is 92.2 Å². The molecule has 0 bridgehead atoms. The van der Waals surface area contributed by atoms with Gasteiger partial charge in [-0.3, -0.25) is 4.79 Å². The van der Waals surface area contributed by atoms with E-state index >= 15 is 0 Å². The molecule has 4 aromatic rings. The Morgan fingerprint density at radius 3 is 2.82 bits per heavy atom. The SMILES string of the molecule is Cn1cnc(-c2cc(-c3nc4ccccc4[nH]3)c(=O)[nH]n2)c1. The molecule has 0 spiro atoms. The van der Waals surface area contributed by atoms with Gasteiger partial charge in [0.1, 0.15) is 17.2 Å². The number of H-pyrrole nitrogens is 2. The highest BCUT2D eigenvalue weighted by molar-refractivity contribution is 5.79. The summed E-state index contributed by atoms with van der Waals surface area (Å²) in [6.07, 6.45) is 3.52. The van der Waals surface area contributed by atoms with Crippen molar-refractivity contribution in [3.8, 4) is 22.8 Å². The lowest BCUT2D eigenvalue weighted by Gasteiger charge is -1.99. The third-order valence-corrected chi connectivity index (χ3v) is 3.42. The van der Waals surface area contributed by atoms with Crippen molar-refractivity contribution in [3.63, 3.8) is 0 Å². The first-order valence-electron chi connectivity index (χ1n) is 6.74. The van der Waals surface area contributed by atoms with E-state index in [2.05, 4.69) is 25.1 Å². The molecule has 1 aromatic carbocycles. The summed E-state index contributed by atoms with van der Waals surface area (Å²) in [5.41, 5.74) is 3.12. The Morgan fingerprint density at radius 1 is 1.18 bits per heavy atom. The van der Waals surface area contributed by atoms with Crippen LogP contribution in [0, 0.1) is 0 Å². The summed E-state index contributed by atoms with van der Waals surface area (Å²) >= 11 is 0. The summed E-state index contributed by atoms with van der Waals surface area (Å²) in [6.45, 7) is 0. The zero-order valence-electron chi connectivity index (χ0n) is 11.7. The predicted molar refractivity (Wildman–Crippen MR) is 82.1 cm³/mol. The minimum Gasteiger partial charge on any atom is -0.340 e. The van der Waals surface area contributed by atoms with Gasteiger partial charge in [-0.25, -0.2) is 15.1 Å². The van der Waals surface area contributed by atoms with Crippen molar-refractivity contribution in [3.05, 3.63) is 53.2 Å². The first-order chi connectivity index (χ1) is 10.7.